The maximum absolute atomic E-state index is 12.6. The minimum atomic E-state index is -2.84. The van der Waals surface area contributed by atoms with Crippen LogP contribution in [0.4, 0.5) is 8.78 Å². The number of nitriles is 1. The van der Waals surface area contributed by atoms with Crippen LogP contribution in [0.2, 0.25) is 0 Å². The normalized spacial score (nSPS) is 10.2. The van der Waals surface area contributed by atoms with Crippen molar-refractivity contribution in [2.24, 2.45) is 0 Å². The van der Waals surface area contributed by atoms with Gasteiger partial charge in [0.05, 0.1) is 17.7 Å². The molecule has 84 valence electrons. The Bertz CT molecular complexity index is 471. The van der Waals surface area contributed by atoms with Crippen LogP contribution >= 0.6 is 22.6 Å². The van der Waals surface area contributed by atoms with E-state index in [2.05, 4.69) is 4.98 Å². The second kappa shape index (κ2) is 5.16. The zero-order valence-corrected chi connectivity index (χ0v) is 9.90. The van der Waals surface area contributed by atoms with Gasteiger partial charge in [0.2, 0.25) is 0 Å². The molecule has 0 aliphatic carbocycles. The molecule has 0 unspecified atom stereocenters. The topological polar surface area (TPSA) is 74.0 Å². The molecule has 0 aliphatic rings. The lowest BCUT2D eigenvalue weighted by Crippen LogP contribution is -2.08. The Hall–Kier alpha value is -1.30. The number of aliphatic carboxylic acids is 1. The highest BCUT2D eigenvalue weighted by Gasteiger charge is 2.19. The molecular formula is C9H5F2IN2O2. The number of nitrogens with zero attached hydrogens (tertiary/aromatic N) is 2. The fourth-order valence-corrected chi connectivity index (χ4v) is 1.66. The van der Waals surface area contributed by atoms with E-state index in [0.29, 0.717) is 0 Å². The van der Waals surface area contributed by atoms with Crippen LogP contribution in [0.5, 0.6) is 0 Å². The molecule has 0 saturated heterocycles. The molecule has 0 aliphatic heterocycles. The molecule has 0 fully saturated rings. The average Bonchev–Trinajstić information content (AvgIpc) is 2.16. The standard InChI is InChI=1S/C9H5F2IN2O2/c10-8(11)5-1-4(3-13)9(12)14-6(5)2-7(15)16/h1,8H,2H2,(H,15,16). The van der Waals surface area contributed by atoms with Crippen molar-refractivity contribution >= 4 is 28.6 Å². The van der Waals surface area contributed by atoms with Gasteiger partial charge >= 0.3 is 5.97 Å². The lowest BCUT2D eigenvalue weighted by molar-refractivity contribution is -0.136. The number of carbonyl (C=O) groups is 1. The fraction of sp³-hybridized carbons (Fsp3) is 0.222. The highest BCUT2D eigenvalue weighted by Crippen LogP contribution is 2.25. The molecule has 1 heterocycles. The molecule has 0 atom stereocenters. The fourth-order valence-electron chi connectivity index (χ4n) is 1.09. The zero-order valence-electron chi connectivity index (χ0n) is 7.75. The largest absolute Gasteiger partial charge is 0.481 e. The van der Waals surface area contributed by atoms with Gasteiger partial charge in [0, 0.05) is 5.56 Å². The minimum Gasteiger partial charge on any atom is -0.481 e. The summed E-state index contributed by atoms with van der Waals surface area (Å²) >= 11 is 1.70. The van der Waals surface area contributed by atoms with Crippen molar-refractivity contribution in [1.82, 2.24) is 4.98 Å². The highest BCUT2D eigenvalue weighted by molar-refractivity contribution is 14.1. The van der Waals surface area contributed by atoms with E-state index in [1.165, 1.54) is 0 Å². The monoisotopic (exact) mass is 338 g/mol. The van der Waals surface area contributed by atoms with Gasteiger partial charge in [0.25, 0.3) is 6.43 Å². The maximum atomic E-state index is 12.6. The summed E-state index contributed by atoms with van der Waals surface area (Å²) in [5, 5.41) is 17.2. The Morgan fingerprint density at radius 1 is 1.69 bits per heavy atom. The molecule has 0 radical (unpaired) electrons. The van der Waals surface area contributed by atoms with Crippen molar-refractivity contribution < 1.29 is 18.7 Å². The Morgan fingerprint density at radius 2 is 2.31 bits per heavy atom. The summed E-state index contributed by atoms with van der Waals surface area (Å²) in [6.07, 6.45) is -3.42. The number of rotatable bonds is 3. The zero-order chi connectivity index (χ0) is 12.3. The van der Waals surface area contributed by atoms with Gasteiger partial charge in [-0.25, -0.2) is 13.8 Å². The third kappa shape index (κ3) is 2.85. The predicted molar refractivity (Wildman–Crippen MR) is 58.0 cm³/mol. The first-order valence-corrected chi connectivity index (χ1v) is 5.13. The minimum absolute atomic E-state index is 0.0186. The molecule has 4 nitrogen and oxygen atoms in total. The van der Waals surface area contributed by atoms with Crippen molar-refractivity contribution in [1.29, 1.82) is 5.26 Å². The summed E-state index contributed by atoms with van der Waals surface area (Å²) in [7, 11) is 0. The molecule has 1 N–H and O–H groups in total. The molecule has 0 bridgehead atoms. The van der Waals surface area contributed by atoms with Crippen molar-refractivity contribution in [3.8, 4) is 6.07 Å². The molecule has 1 aromatic heterocycles. The first-order valence-electron chi connectivity index (χ1n) is 4.05. The molecule has 0 amide bonds. The molecular weight excluding hydrogens is 333 g/mol. The van der Waals surface area contributed by atoms with E-state index in [4.69, 9.17) is 10.4 Å². The van der Waals surface area contributed by atoms with Gasteiger partial charge in [-0.1, -0.05) is 0 Å². The van der Waals surface area contributed by atoms with Crippen LogP contribution < -0.4 is 0 Å². The van der Waals surface area contributed by atoms with Gasteiger partial charge < -0.3 is 5.11 Å². The predicted octanol–water partition coefficient (Wildman–Crippen LogP) is 2.12. The smallest absolute Gasteiger partial charge is 0.309 e. The number of pyridine rings is 1. The van der Waals surface area contributed by atoms with Crippen LogP contribution in [-0.4, -0.2) is 16.1 Å². The van der Waals surface area contributed by atoms with Crippen LogP contribution in [0.25, 0.3) is 0 Å². The van der Waals surface area contributed by atoms with Crippen molar-refractivity contribution in [2.45, 2.75) is 12.8 Å². The molecule has 7 heteroatoms. The van der Waals surface area contributed by atoms with Crippen LogP contribution in [0.15, 0.2) is 6.07 Å². The molecule has 0 spiro atoms. The van der Waals surface area contributed by atoms with Gasteiger partial charge in [-0.15, -0.1) is 0 Å². The summed E-state index contributed by atoms with van der Waals surface area (Å²) in [5.41, 5.74) is -0.685. The molecule has 1 rings (SSSR count). The second-order valence-corrected chi connectivity index (χ2v) is 3.87. The Morgan fingerprint density at radius 3 is 2.75 bits per heavy atom. The Balaban J connectivity index is 3.31. The molecule has 1 aromatic rings. The SMILES string of the molecule is N#Cc1cc(C(F)F)c(CC(=O)O)nc1I. The molecule has 16 heavy (non-hydrogen) atoms. The van der Waals surface area contributed by atoms with Crippen LogP contribution in [0.1, 0.15) is 23.2 Å². The van der Waals surface area contributed by atoms with Crippen molar-refractivity contribution in [2.75, 3.05) is 0 Å². The third-order valence-corrected chi connectivity index (χ3v) is 2.58. The van der Waals surface area contributed by atoms with Gasteiger partial charge in [0.15, 0.2) is 0 Å². The number of carboxylic acids is 1. The average molecular weight is 338 g/mol. The van der Waals surface area contributed by atoms with Gasteiger partial charge in [0.1, 0.15) is 9.77 Å². The first kappa shape index (κ1) is 12.8. The second-order valence-electron chi connectivity index (χ2n) is 2.85. The van der Waals surface area contributed by atoms with E-state index >= 15 is 0 Å². The van der Waals surface area contributed by atoms with E-state index in [-0.39, 0.29) is 15.0 Å². The number of halogens is 3. The summed E-state index contributed by atoms with van der Waals surface area (Å²) in [6, 6.07) is 2.70. The number of alkyl halides is 2. The molecule has 0 aromatic carbocycles. The summed E-state index contributed by atoms with van der Waals surface area (Å²) < 4.78 is 25.4. The van der Waals surface area contributed by atoms with Gasteiger partial charge in [-0.2, -0.15) is 5.26 Å². The van der Waals surface area contributed by atoms with Gasteiger partial charge in [-0.05, 0) is 28.7 Å². The van der Waals surface area contributed by atoms with E-state index in [1.807, 2.05) is 0 Å². The third-order valence-electron chi connectivity index (χ3n) is 1.76. The number of hydrogen-bond donors (Lipinski definition) is 1. The highest BCUT2D eigenvalue weighted by atomic mass is 127. The van der Waals surface area contributed by atoms with E-state index in [9.17, 15) is 13.6 Å². The van der Waals surface area contributed by atoms with Crippen LogP contribution in [-0.2, 0) is 11.2 Å². The van der Waals surface area contributed by atoms with Crippen molar-refractivity contribution in [3.05, 3.63) is 26.6 Å². The first-order chi connectivity index (χ1) is 7.45. The summed E-state index contributed by atoms with van der Waals surface area (Å²) in [5.74, 6) is -1.24. The maximum Gasteiger partial charge on any atom is 0.309 e. The lowest BCUT2D eigenvalue weighted by Gasteiger charge is -2.07. The summed E-state index contributed by atoms with van der Waals surface area (Å²) in [4.78, 5) is 14.2. The Kier molecular flexibility index (Phi) is 4.12. The number of aromatic nitrogens is 1. The number of hydrogen-bond acceptors (Lipinski definition) is 3. The molecule has 0 saturated carbocycles. The Labute approximate surface area is 103 Å². The van der Waals surface area contributed by atoms with Crippen LogP contribution in [0, 0.1) is 15.0 Å². The lowest BCUT2D eigenvalue weighted by atomic mass is 10.1. The quantitative estimate of drug-likeness (QED) is 0.677. The van der Waals surface area contributed by atoms with E-state index < -0.39 is 24.4 Å². The van der Waals surface area contributed by atoms with Gasteiger partial charge in [-0.3, -0.25) is 4.79 Å². The van der Waals surface area contributed by atoms with E-state index in [0.717, 1.165) is 6.07 Å². The summed E-state index contributed by atoms with van der Waals surface area (Å²) in [6.45, 7) is 0. The van der Waals surface area contributed by atoms with E-state index in [1.54, 1.807) is 28.7 Å². The van der Waals surface area contributed by atoms with Crippen molar-refractivity contribution in [3.63, 3.8) is 0 Å². The number of carboxylic acid groups (broad SMARTS) is 1. The van der Waals surface area contributed by atoms with Crippen LogP contribution in [0.3, 0.4) is 0 Å².